The van der Waals surface area contributed by atoms with E-state index >= 15 is 0 Å². The van der Waals surface area contributed by atoms with E-state index in [9.17, 15) is 0 Å². The van der Waals surface area contributed by atoms with Gasteiger partial charge in [0.25, 0.3) is 0 Å². The average molecular weight is 162 g/mol. The van der Waals surface area contributed by atoms with Crippen LogP contribution in [0.15, 0.2) is 24.5 Å². The highest BCUT2D eigenvalue weighted by Gasteiger charge is 2.17. The van der Waals surface area contributed by atoms with Crippen molar-refractivity contribution in [2.24, 2.45) is 7.05 Å². The van der Waals surface area contributed by atoms with Crippen LogP contribution in [0.25, 0.3) is 0 Å². The summed E-state index contributed by atoms with van der Waals surface area (Å²) in [6, 6.07) is 4.52. The second-order valence-corrected chi connectivity index (χ2v) is 3.78. The molecule has 1 fully saturated rings. The van der Waals surface area contributed by atoms with Crippen LogP contribution in [0, 0.1) is 0 Å². The summed E-state index contributed by atoms with van der Waals surface area (Å²) in [5, 5.41) is 0. The Hall–Kier alpha value is -0.850. The van der Waals surface area contributed by atoms with Crippen molar-refractivity contribution >= 4 is 0 Å². The molecule has 0 bridgehead atoms. The first kappa shape index (κ1) is 7.78. The lowest BCUT2D eigenvalue weighted by atomic mass is 9.99. The molecule has 0 N–H and O–H groups in total. The first-order chi connectivity index (χ1) is 5.86. The SMILES string of the molecule is C[n+]1ccc(C2CCCC2)cc1. The maximum Gasteiger partial charge on any atom is 0.168 e. The summed E-state index contributed by atoms with van der Waals surface area (Å²) in [6.45, 7) is 0. The first-order valence-electron chi connectivity index (χ1n) is 4.81. The summed E-state index contributed by atoms with van der Waals surface area (Å²) in [5.41, 5.74) is 1.53. The molecular formula is C11H16N+. The van der Waals surface area contributed by atoms with Gasteiger partial charge in [-0.3, -0.25) is 0 Å². The molecule has 0 radical (unpaired) electrons. The number of pyridine rings is 1. The Morgan fingerprint density at radius 3 is 2.33 bits per heavy atom. The van der Waals surface area contributed by atoms with Gasteiger partial charge in [0, 0.05) is 12.1 Å². The van der Waals surface area contributed by atoms with Crippen LogP contribution in [-0.4, -0.2) is 0 Å². The van der Waals surface area contributed by atoms with Gasteiger partial charge in [-0.25, -0.2) is 4.57 Å². The summed E-state index contributed by atoms with van der Waals surface area (Å²) in [7, 11) is 2.07. The fourth-order valence-electron chi connectivity index (χ4n) is 2.04. The van der Waals surface area contributed by atoms with Crippen molar-refractivity contribution < 1.29 is 4.57 Å². The van der Waals surface area contributed by atoms with E-state index in [1.54, 1.807) is 0 Å². The minimum Gasteiger partial charge on any atom is -0.208 e. The summed E-state index contributed by atoms with van der Waals surface area (Å²) in [5.74, 6) is 0.853. The van der Waals surface area contributed by atoms with Crippen molar-refractivity contribution in [3.05, 3.63) is 30.1 Å². The second-order valence-electron chi connectivity index (χ2n) is 3.78. The predicted molar refractivity (Wildman–Crippen MR) is 48.8 cm³/mol. The van der Waals surface area contributed by atoms with Crippen LogP contribution in [0.4, 0.5) is 0 Å². The molecule has 1 aliphatic rings. The average Bonchev–Trinajstić information content (AvgIpc) is 2.58. The molecule has 1 aliphatic carbocycles. The molecule has 0 aliphatic heterocycles. The molecule has 0 spiro atoms. The topological polar surface area (TPSA) is 3.88 Å². The van der Waals surface area contributed by atoms with Crippen LogP contribution in [0.2, 0.25) is 0 Å². The number of nitrogens with zero attached hydrogens (tertiary/aromatic N) is 1. The molecule has 0 saturated heterocycles. The fourth-order valence-corrected chi connectivity index (χ4v) is 2.04. The smallest absolute Gasteiger partial charge is 0.168 e. The van der Waals surface area contributed by atoms with Crippen molar-refractivity contribution in [2.75, 3.05) is 0 Å². The highest BCUT2D eigenvalue weighted by Crippen LogP contribution is 2.33. The molecule has 1 aromatic rings. The molecule has 64 valence electrons. The highest BCUT2D eigenvalue weighted by molar-refractivity contribution is 5.14. The van der Waals surface area contributed by atoms with Crippen molar-refractivity contribution in [3.8, 4) is 0 Å². The molecular weight excluding hydrogens is 146 g/mol. The largest absolute Gasteiger partial charge is 0.208 e. The molecule has 0 aromatic carbocycles. The van der Waals surface area contributed by atoms with E-state index in [2.05, 4.69) is 36.1 Å². The quantitative estimate of drug-likeness (QED) is 0.557. The van der Waals surface area contributed by atoms with Crippen molar-refractivity contribution in [2.45, 2.75) is 31.6 Å². The van der Waals surface area contributed by atoms with E-state index in [1.807, 2.05) is 0 Å². The maximum absolute atomic E-state index is 2.26. The van der Waals surface area contributed by atoms with Gasteiger partial charge in [-0.2, -0.15) is 0 Å². The third-order valence-corrected chi connectivity index (χ3v) is 2.83. The Labute approximate surface area is 74.0 Å². The molecule has 1 saturated carbocycles. The van der Waals surface area contributed by atoms with Crippen LogP contribution < -0.4 is 4.57 Å². The number of aromatic nitrogens is 1. The number of hydrogen-bond donors (Lipinski definition) is 0. The van der Waals surface area contributed by atoms with E-state index in [4.69, 9.17) is 0 Å². The molecule has 0 amide bonds. The number of hydrogen-bond acceptors (Lipinski definition) is 0. The van der Waals surface area contributed by atoms with E-state index in [-0.39, 0.29) is 0 Å². The molecule has 1 heterocycles. The van der Waals surface area contributed by atoms with Crippen LogP contribution in [0.5, 0.6) is 0 Å². The second kappa shape index (κ2) is 3.26. The molecule has 0 atom stereocenters. The Kier molecular flexibility index (Phi) is 2.11. The van der Waals surface area contributed by atoms with Gasteiger partial charge in [-0.1, -0.05) is 12.8 Å². The van der Waals surface area contributed by atoms with E-state index in [0.29, 0.717) is 0 Å². The first-order valence-corrected chi connectivity index (χ1v) is 4.81. The summed E-state index contributed by atoms with van der Waals surface area (Å²) in [6.07, 6.45) is 9.93. The van der Waals surface area contributed by atoms with Gasteiger partial charge in [0.1, 0.15) is 7.05 Å². The molecule has 12 heavy (non-hydrogen) atoms. The van der Waals surface area contributed by atoms with E-state index in [1.165, 1.54) is 31.2 Å². The van der Waals surface area contributed by atoms with Gasteiger partial charge in [0.2, 0.25) is 0 Å². The lowest BCUT2D eigenvalue weighted by molar-refractivity contribution is -0.671. The molecule has 1 heteroatoms. The summed E-state index contributed by atoms with van der Waals surface area (Å²) >= 11 is 0. The monoisotopic (exact) mass is 162 g/mol. The summed E-state index contributed by atoms with van der Waals surface area (Å²) < 4.78 is 2.10. The van der Waals surface area contributed by atoms with Crippen molar-refractivity contribution in [1.29, 1.82) is 0 Å². The van der Waals surface area contributed by atoms with Crippen LogP contribution >= 0.6 is 0 Å². The Bertz CT molecular complexity index is 244. The zero-order valence-corrected chi connectivity index (χ0v) is 7.66. The van der Waals surface area contributed by atoms with Gasteiger partial charge in [-0.05, 0) is 24.3 Å². The van der Waals surface area contributed by atoms with E-state index in [0.717, 1.165) is 5.92 Å². The van der Waals surface area contributed by atoms with Gasteiger partial charge in [0.15, 0.2) is 12.4 Å². The highest BCUT2D eigenvalue weighted by atomic mass is 14.9. The zero-order valence-electron chi connectivity index (χ0n) is 7.66. The maximum atomic E-state index is 2.26. The lowest BCUT2D eigenvalue weighted by Crippen LogP contribution is -2.26. The fraction of sp³-hybridized carbons (Fsp3) is 0.545. The van der Waals surface area contributed by atoms with Crippen LogP contribution in [-0.2, 0) is 7.05 Å². The normalized spacial score (nSPS) is 18.4. The standard InChI is InChI=1S/C11H16N/c1-12-8-6-11(7-9-12)10-4-2-3-5-10/h6-10H,2-5H2,1H3/q+1. The number of rotatable bonds is 1. The van der Waals surface area contributed by atoms with Gasteiger partial charge < -0.3 is 0 Å². The Morgan fingerprint density at radius 2 is 1.75 bits per heavy atom. The molecule has 1 aromatic heterocycles. The third kappa shape index (κ3) is 1.50. The van der Waals surface area contributed by atoms with Gasteiger partial charge in [-0.15, -0.1) is 0 Å². The van der Waals surface area contributed by atoms with E-state index < -0.39 is 0 Å². The van der Waals surface area contributed by atoms with Crippen LogP contribution in [0.3, 0.4) is 0 Å². The minimum absolute atomic E-state index is 0.853. The minimum atomic E-state index is 0.853. The number of aryl methyl sites for hydroxylation is 1. The van der Waals surface area contributed by atoms with Crippen molar-refractivity contribution in [1.82, 2.24) is 0 Å². The molecule has 0 unspecified atom stereocenters. The predicted octanol–water partition coefficient (Wildman–Crippen LogP) is 2.17. The third-order valence-electron chi connectivity index (χ3n) is 2.83. The zero-order chi connectivity index (χ0) is 8.39. The van der Waals surface area contributed by atoms with Crippen molar-refractivity contribution in [3.63, 3.8) is 0 Å². The van der Waals surface area contributed by atoms with Gasteiger partial charge >= 0.3 is 0 Å². The Balaban J connectivity index is 2.17. The van der Waals surface area contributed by atoms with Crippen LogP contribution in [0.1, 0.15) is 37.2 Å². The van der Waals surface area contributed by atoms with Gasteiger partial charge in [0.05, 0.1) is 0 Å². The molecule has 2 rings (SSSR count). The summed E-state index contributed by atoms with van der Waals surface area (Å²) in [4.78, 5) is 0. The lowest BCUT2D eigenvalue weighted by Gasteiger charge is -2.06. The molecule has 1 nitrogen and oxygen atoms in total. The Morgan fingerprint density at radius 1 is 1.17 bits per heavy atom.